The van der Waals surface area contributed by atoms with Crippen LogP contribution < -0.4 is 10.6 Å². The van der Waals surface area contributed by atoms with Gasteiger partial charge in [-0.05, 0) is 79.9 Å². The first-order valence-electron chi connectivity index (χ1n) is 17.1. The van der Waals surface area contributed by atoms with Gasteiger partial charge in [-0.25, -0.2) is 0 Å². The molecular weight excluding hydrogens is 628 g/mol. The highest BCUT2D eigenvalue weighted by Gasteiger charge is 2.23. The first-order chi connectivity index (χ1) is 23.7. The molecule has 0 bridgehead atoms. The van der Waals surface area contributed by atoms with Gasteiger partial charge in [-0.1, -0.05) is 118 Å². The molecule has 0 atom stereocenters. The van der Waals surface area contributed by atoms with Crippen molar-refractivity contribution in [1.82, 2.24) is 24.9 Å². The number of hydrogen-bond donors (Lipinski definition) is 2. The lowest BCUT2D eigenvalue weighted by Gasteiger charge is -2.14. The number of anilines is 1. The largest absolute Gasteiger partial charge is 0.321 e. The summed E-state index contributed by atoms with van der Waals surface area (Å²) in [7, 11) is 0. The van der Waals surface area contributed by atoms with Crippen LogP contribution in [0.5, 0.6) is 0 Å². The number of carbonyl (C=O) groups is 1. The van der Waals surface area contributed by atoms with E-state index < -0.39 is 0 Å². The maximum atomic E-state index is 12.8. The first-order valence-corrected chi connectivity index (χ1v) is 17.5. The second-order valence-electron chi connectivity index (χ2n) is 13.2. The molecule has 8 heteroatoms. The summed E-state index contributed by atoms with van der Waals surface area (Å²) in [4.78, 5) is 12.8. The van der Waals surface area contributed by atoms with Crippen molar-refractivity contribution < 1.29 is 4.79 Å². The summed E-state index contributed by atoms with van der Waals surface area (Å²) < 4.78 is 3.91. The summed E-state index contributed by atoms with van der Waals surface area (Å²) in [6.45, 7) is 11.9. The van der Waals surface area contributed by atoms with Crippen LogP contribution in [-0.2, 0) is 24.9 Å². The Morgan fingerprint density at radius 2 is 1.37 bits per heavy atom. The van der Waals surface area contributed by atoms with Gasteiger partial charge in [0.05, 0.1) is 30.0 Å². The van der Waals surface area contributed by atoms with E-state index in [4.69, 9.17) is 16.7 Å². The normalized spacial score (nSPS) is 11.3. The molecule has 0 aliphatic heterocycles. The van der Waals surface area contributed by atoms with Crippen molar-refractivity contribution in [3.63, 3.8) is 0 Å². The van der Waals surface area contributed by atoms with Gasteiger partial charge in [-0.2, -0.15) is 10.2 Å². The van der Waals surface area contributed by atoms with Crippen LogP contribution in [0.15, 0.2) is 115 Å². The van der Waals surface area contributed by atoms with E-state index in [0.29, 0.717) is 22.9 Å². The van der Waals surface area contributed by atoms with Crippen LogP contribution in [0, 0.1) is 0 Å². The highest BCUT2D eigenvalue weighted by molar-refractivity contribution is 6.30. The van der Waals surface area contributed by atoms with Crippen molar-refractivity contribution in [1.29, 1.82) is 0 Å². The summed E-state index contributed by atoms with van der Waals surface area (Å²) in [5, 5.41) is 17.8. The second kappa shape index (κ2) is 17.1. The number of aryl methyl sites for hydroxylation is 1. The van der Waals surface area contributed by atoms with E-state index in [1.54, 1.807) is 28.9 Å². The van der Waals surface area contributed by atoms with Crippen LogP contribution in [-0.4, -0.2) is 38.6 Å². The van der Waals surface area contributed by atoms with Gasteiger partial charge >= 0.3 is 0 Å². The molecule has 49 heavy (non-hydrogen) atoms. The highest BCUT2D eigenvalue weighted by Crippen LogP contribution is 2.24. The molecular formula is C41H47ClN6O. The van der Waals surface area contributed by atoms with E-state index in [1.165, 1.54) is 35.0 Å². The molecule has 6 aromatic rings. The molecule has 2 heterocycles. The maximum absolute atomic E-state index is 12.8. The minimum Gasteiger partial charge on any atom is -0.321 e. The van der Waals surface area contributed by atoms with Crippen LogP contribution in [0.25, 0.3) is 10.9 Å². The van der Waals surface area contributed by atoms with E-state index in [-0.39, 0.29) is 11.3 Å². The van der Waals surface area contributed by atoms with E-state index in [0.717, 1.165) is 37.3 Å². The van der Waals surface area contributed by atoms with Gasteiger partial charge < -0.3 is 10.6 Å². The Balaban J connectivity index is 0.000000192. The molecule has 0 radical (unpaired) electrons. The van der Waals surface area contributed by atoms with Crippen molar-refractivity contribution in [2.75, 3.05) is 18.4 Å². The van der Waals surface area contributed by atoms with Gasteiger partial charge in [0.15, 0.2) is 0 Å². The van der Waals surface area contributed by atoms with Gasteiger partial charge in [-0.3, -0.25) is 14.2 Å². The number of carbonyl (C=O) groups excluding carboxylic acids is 1. The molecule has 0 aliphatic carbocycles. The summed E-state index contributed by atoms with van der Waals surface area (Å²) in [5.41, 5.74) is 6.83. The number of amides is 1. The second-order valence-corrected chi connectivity index (χ2v) is 13.6. The molecule has 0 fully saturated rings. The number of nitrogens with one attached hydrogen (secondary N) is 2. The van der Waals surface area contributed by atoms with Gasteiger partial charge in [0.2, 0.25) is 0 Å². The number of nitrogens with zero attached hydrogens (tertiary/aromatic N) is 4. The lowest BCUT2D eigenvalue weighted by molar-refractivity contribution is 0.101. The molecule has 0 spiro atoms. The molecule has 7 nitrogen and oxygen atoms in total. The molecule has 4 aromatic carbocycles. The van der Waals surface area contributed by atoms with Crippen LogP contribution in [0.4, 0.5) is 5.69 Å². The number of aromatic nitrogens is 4. The lowest BCUT2D eigenvalue weighted by Crippen LogP contribution is -2.18. The van der Waals surface area contributed by atoms with Crippen LogP contribution in [0.2, 0.25) is 5.02 Å². The predicted octanol–water partition coefficient (Wildman–Crippen LogP) is 9.15. The monoisotopic (exact) mass is 674 g/mol. The Morgan fingerprint density at radius 3 is 2.00 bits per heavy atom. The standard InChI is InChI=1S/C21H22ClN3O.C20H25N3/c1-21(2,3)19-13-18(20(26)23-17-11-9-16(22)10-12-17)25(24-19)14-15-7-5-4-6-8-15;1-2-21-15-9-8-13-19-18-12-6-7-14-20(18)23(22-19)16-17-10-4-3-5-11-17/h4-13H,14H2,1-3H3,(H,23,26);3-7,10-12,14,21H,2,8-9,13,15-16H2,1H3. The quantitative estimate of drug-likeness (QED) is 0.127. The highest BCUT2D eigenvalue weighted by atomic mass is 35.5. The van der Waals surface area contributed by atoms with Crippen LogP contribution >= 0.6 is 11.6 Å². The fourth-order valence-corrected chi connectivity index (χ4v) is 5.67. The van der Waals surface area contributed by atoms with E-state index in [2.05, 4.69) is 103 Å². The third kappa shape index (κ3) is 10.1. The van der Waals surface area contributed by atoms with Crippen molar-refractivity contribution >= 4 is 34.1 Å². The van der Waals surface area contributed by atoms with Crippen molar-refractivity contribution in [2.24, 2.45) is 0 Å². The molecule has 254 valence electrons. The fraction of sp³-hybridized carbons (Fsp3) is 0.293. The summed E-state index contributed by atoms with van der Waals surface area (Å²) >= 11 is 5.91. The average molecular weight is 675 g/mol. The molecule has 2 N–H and O–H groups in total. The van der Waals surface area contributed by atoms with Crippen molar-refractivity contribution in [3.8, 4) is 0 Å². The number of benzene rings is 4. The van der Waals surface area contributed by atoms with E-state index >= 15 is 0 Å². The SMILES string of the molecule is CC(C)(C)c1cc(C(=O)Nc2ccc(Cl)cc2)n(Cc2ccccc2)n1.CCNCCCCc1nn(Cc2ccccc2)c2ccccc12. The van der Waals surface area contributed by atoms with E-state index in [1.807, 2.05) is 36.4 Å². The van der Waals surface area contributed by atoms with Crippen LogP contribution in [0.1, 0.15) is 73.5 Å². The molecule has 6 rings (SSSR count). The molecule has 0 aliphatic rings. The third-order valence-electron chi connectivity index (χ3n) is 8.24. The third-order valence-corrected chi connectivity index (χ3v) is 8.49. The zero-order chi connectivity index (χ0) is 34.6. The van der Waals surface area contributed by atoms with Crippen molar-refractivity contribution in [2.45, 2.75) is 65.5 Å². The molecule has 2 aromatic heterocycles. The number of unbranched alkanes of at least 4 members (excludes halogenated alkanes) is 1. The number of para-hydroxylation sites is 1. The predicted molar refractivity (Wildman–Crippen MR) is 203 cm³/mol. The maximum Gasteiger partial charge on any atom is 0.273 e. The Morgan fingerprint density at radius 1 is 0.755 bits per heavy atom. The Labute approximate surface area is 295 Å². The fourth-order valence-electron chi connectivity index (χ4n) is 5.55. The van der Waals surface area contributed by atoms with Gasteiger partial charge in [-0.15, -0.1) is 0 Å². The zero-order valence-electron chi connectivity index (χ0n) is 29.0. The lowest BCUT2D eigenvalue weighted by atomic mass is 9.92. The number of halogens is 1. The Hall–Kier alpha value is -4.72. The van der Waals surface area contributed by atoms with Gasteiger partial charge in [0, 0.05) is 21.5 Å². The molecule has 1 amide bonds. The molecule has 0 unspecified atom stereocenters. The zero-order valence-corrected chi connectivity index (χ0v) is 29.8. The first kappa shape index (κ1) is 35.6. The summed E-state index contributed by atoms with van der Waals surface area (Å²) in [5.74, 6) is -0.189. The molecule has 0 saturated carbocycles. The Bertz CT molecular complexity index is 1910. The van der Waals surface area contributed by atoms with Crippen molar-refractivity contribution in [3.05, 3.63) is 148 Å². The summed E-state index contributed by atoms with van der Waals surface area (Å²) in [6, 6.07) is 38.0. The number of hydrogen-bond acceptors (Lipinski definition) is 4. The minimum absolute atomic E-state index is 0.142. The minimum atomic E-state index is -0.189. The number of rotatable bonds is 12. The van der Waals surface area contributed by atoms with Gasteiger partial charge in [0.1, 0.15) is 5.69 Å². The average Bonchev–Trinajstić information content (AvgIpc) is 3.69. The number of fused-ring (bicyclic) bond motifs is 1. The summed E-state index contributed by atoms with van der Waals surface area (Å²) in [6.07, 6.45) is 3.43. The smallest absolute Gasteiger partial charge is 0.273 e. The van der Waals surface area contributed by atoms with E-state index in [9.17, 15) is 4.79 Å². The Kier molecular flexibility index (Phi) is 12.4. The topological polar surface area (TPSA) is 76.8 Å². The van der Waals surface area contributed by atoms with Crippen LogP contribution in [0.3, 0.4) is 0 Å². The molecule has 0 saturated heterocycles. The van der Waals surface area contributed by atoms with Gasteiger partial charge in [0.25, 0.3) is 5.91 Å².